The summed E-state index contributed by atoms with van der Waals surface area (Å²) < 4.78 is 5.17. The van der Waals surface area contributed by atoms with Crippen LogP contribution in [0.2, 0.25) is 5.02 Å². The van der Waals surface area contributed by atoms with Gasteiger partial charge in [-0.25, -0.2) is 0 Å². The van der Waals surface area contributed by atoms with Crippen molar-refractivity contribution in [1.82, 2.24) is 9.80 Å². The van der Waals surface area contributed by atoms with E-state index in [1.54, 1.807) is 29.2 Å². The van der Waals surface area contributed by atoms with Gasteiger partial charge in [0.2, 0.25) is 5.91 Å². The lowest BCUT2D eigenvalue weighted by Crippen LogP contribution is -2.37. The molecule has 6 heteroatoms. The van der Waals surface area contributed by atoms with Gasteiger partial charge in [-0.3, -0.25) is 9.59 Å². The zero-order chi connectivity index (χ0) is 16.9. The van der Waals surface area contributed by atoms with Gasteiger partial charge in [-0.2, -0.15) is 0 Å². The maximum Gasteiger partial charge on any atom is 0.289 e. The predicted molar refractivity (Wildman–Crippen MR) is 91.0 cm³/mol. The maximum atomic E-state index is 12.5. The summed E-state index contributed by atoms with van der Waals surface area (Å²) in [6, 6.07) is 10.7. The summed E-state index contributed by atoms with van der Waals surface area (Å²) in [7, 11) is 0. The van der Waals surface area contributed by atoms with E-state index in [1.165, 1.54) is 6.26 Å². The number of hydrogen-bond donors (Lipinski definition) is 0. The molecule has 0 N–H and O–H groups in total. The third-order valence-corrected chi connectivity index (χ3v) is 4.39. The SMILES string of the molecule is O=C(Cc1ccc(Cl)cc1)N1CCCN(C(=O)c2ccco2)CC1. The van der Waals surface area contributed by atoms with Gasteiger partial charge in [-0.15, -0.1) is 0 Å². The lowest BCUT2D eigenvalue weighted by Gasteiger charge is -2.21. The first-order valence-electron chi connectivity index (χ1n) is 7.98. The van der Waals surface area contributed by atoms with Crippen molar-refractivity contribution in [3.05, 3.63) is 59.0 Å². The topological polar surface area (TPSA) is 53.8 Å². The van der Waals surface area contributed by atoms with Gasteiger partial charge in [0.25, 0.3) is 5.91 Å². The van der Waals surface area contributed by atoms with E-state index < -0.39 is 0 Å². The highest BCUT2D eigenvalue weighted by molar-refractivity contribution is 6.30. The van der Waals surface area contributed by atoms with Crippen molar-refractivity contribution >= 4 is 23.4 Å². The molecule has 126 valence electrons. The van der Waals surface area contributed by atoms with E-state index in [9.17, 15) is 9.59 Å². The van der Waals surface area contributed by atoms with Gasteiger partial charge < -0.3 is 14.2 Å². The second kappa shape index (κ2) is 7.53. The highest BCUT2D eigenvalue weighted by Gasteiger charge is 2.24. The number of amides is 2. The van der Waals surface area contributed by atoms with Gasteiger partial charge >= 0.3 is 0 Å². The van der Waals surface area contributed by atoms with Crippen molar-refractivity contribution in [2.45, 2.75) is 12.8 Å². The second-order valence-electron chi connectivity index (χ2n) is 5.81. The van der Waals surface area contributed by atoms with Crippen LogP contribution in [-0.4, -0.2) is 47.8 Å². The van der Waals surface area contributed by atoms with E-state index in [1.807, 2.05) is 17.0 Å². The number of hydrogen-bond acceptors (Lipinski definition) is 3. The van der Waals surface area contributed by atoms with E-state index in [4.69, 9.17) is 16.0 Å². The molecule has 0 unspecified atom stereocenters. The van der Waals surface area contributed by atoms with Crippen LogP contribution in [0, 0.1) is 0 Å². The lowest BCUT2D eigenvalue weighted by atomic mass is 10.1. The molecule has 1 aliphatic rings. The first-order chi connectivity index (χ1) is 11.6. The van der Waals surface area contributed by atoms with Crippen LogP contribution < -0.4 is 0 Å². The molecule has 2 heterocycles. The number of furan rings is 1. The highest BCUT2D eigenvalue weighted by Crippen LogP contribution is 2.13. The average molecular weight is 347 g/mol. The van der Waals surface area contributed by atoms with Crippen LogP contribution in [0.4, 0.5) is 0 Å². The Hall–Kier alpha value is -2.27. The third-order valence-electron chi connectivity index (χ3n) is 4.14. The molecule has 0 aliphatic carbocycles. The molecule has 0 spiro atoms. The van der Waals surface area contributed by atoms with E-state index in [2.05, 4.69) is 0 Å². The molecule has 2 amide bonds. The Kier molecular flexibility index (Phi) is 5.20. The highest BCUT2D eigenvalue weighted by atomic mass is 35.5. The molecular weight excluding hydrogens is 328 g/mol. The zero-order valence-corrected chi connectivity index (χ0v) is 14.0. The maximum absolute atomic E-state index is 12.5. The van der Waals surface area contributed by atoms with Gasteiger partial charge in [0, 0.05) is 31.2 Å². The van der Waals surface area contributed by atoms with Gasteiger partial charge in [0.05, 0.1) is 12.7 Å². The lowest BCUT2D eigenvalue weighted by molar-refractivity contribution is -0.130. The van der Waals surface area contributed by atoms with Crippen LogP contribution in [-0.2, 0) is 11.2 Å². The van der Waals surface area contributed by atoms with Crippen LogP contribution in [0.5, 0.6) is 0 Å². The fourth-order valence-electron chi connectivity index (χ4n) is 2.81. The fourth-order valence-corrected chi connectivity index (χ4v) is 2.94. The Morgan fingerprint density at radius 1 is 1.00 bits per heavy atom. The molecule has 5 nitrogen and oxygen atoms in total. The smallest absolute Gasteiger partial charge is 0.289 e. The number of carbonyl (C=O) groups is 2. The average Bonchev–Trinajstić information content (AvgIpc) is 3.00. The second-order valence-corrected chi connectivity index (χ2v) is 6.24. The summed E-state index contributed by atoms with van der Waals surface area (Å²) in [6.45, 7) is 2.35. The minimum atomic E-state index is -0.119. The molecule has 1 aromatic carbocycles. The van der Waals surface area contributed by atoms with Gasteiger partial charge in [-0.1, -0.05) is 23.7 Å². The van der Waals surface area contributed by atoms with E-state index in [0.29, 0.717) is 43.4 Å². The molecule has 0 saturated carbocycles. The number of benzene rings is 1. The van der Waals surface area contributed by atoms with Crippen molar-refractivity contribution in [2.24, 2.45) is 0 Å². The molecule has 0 bridgehead atoms. The van der Waals surface area contributed by atoms with Gasteiger partial charge in [-0.05, 0) is 36.2 Å². The molecule has 1 fully saturated rings. The Labute approximate surface area is 145 Å². The van der Waals surface area contributed by atoms with E-state index in [-0.39, 0.29) is 11.8 Å². The largest absolute Gasteiger partial charge is 0.459 e. The molecule has 1 aromatic heterocycles. The van der Waals surface area contributed by atoms with E-state index in [0.717, 1.165) is 12.0 Å². The Morgan fingerprint density at radius 3 is 2.42 bits per heavy atom. The van der Waals surface area contributed by atoms with E-state index >= 15 is 0 Å². The molecule has 1 saturated heterocycles. The molecule has 3 rings (SSSR count). The Balaban J connectivity index is 1.57. The summed E-state index contributed by atoms with van der Waals surface area (Å²) in [6.07, 6.45) is 2.61. The van der Waals surface area contributed by atoms with Crippen molar-refractivity contribution in [3.63, 3.8) is 0 Å². The van der Waals surface area contributed by atoms with Crippen LogP contribution in [0.15, 0.2) is 47.1 Å². The first kappa shape index (κ1) is 16.6. The van der Waals surface area contributed by atoms with Crippen LogP contribution in [0.25, 0.3) is 0 Å². The minimum absolute atomic E-state index is 0.0737. The van der Waals surface area contributed by atoms with Crippen molar-refractivity contribution in [3.8, 4) is 0 Å². The Bertz CT molecular complexity index is 698. The monoisotopic (exact) mass is 346 g/mol. The summed E-state index contributed by atoms with van der Waals surface area (Å²) in [5.41, 5.74) is 0.942. The predicted octanol–water partition coefficient (Wildman–Crippen LogP) is 2.85. The van der Waals surface area contributed by atoms with Crippen molar-refractivity contribution in [2.75, 3.05) is 26.2 Å². The number of nitrogens with zero attached hydrogens (tertiary/aromatic N) is 2. The molecule has 2 aromatic rings. The minimum Gasteiger partial charge on any atom is -0.459 e. The number of rotatable bonds is 3. The first-order valence-corrected chi connectivity index (χ1v) is 8.36. The summed E-state index contributed by atoms with van der Waals surface area (Å²) in [4.78, 5) is 28.4. The Morgan fingerprint density at radius 2 is 1.71 bits per heavy atom. The van der Waals surface area contributed by atoms with Crippen LogP contribution >= 0.6 is 11.6 Å². The molecule has 1 aliphatic heterocycles. The third kappa shape index (κ3) is 3.97. The molecular formula is C18H19ClN2O3. The number of halogens is 1. The van der Waals surface area contributed by atoms with Crippen LogP contribution in [0.1, 0.15) is 22.5 Å². The van der Waals surface area contributed by atoms with Gasteiger partial charge in [0.15, 0.2) is 5.76 Å². The molecule has 0 atom stereocenters. The molecule has 0 radical (unpaired) electrons. The standard InChI is InChI=1S/C18H19ClN2O3/c19-15-6-4-14(5-7-15)13-17(22)20-8-2-9-21(11-10-20)18(23)16-3-1-12-24-16/h1,3-7,12H,2,8-11,13H2. The van der Waals surface area contributed by atoms with Crippen LogP contribution in [0.3, 0.4) is 0 Å². The zero-order valence-electron chi connectivity index (χ0n) is 13.3. The normalized spacial score (nSPS) is 15.2. The number of carbonyl (C=O) groups excluding carboxylic acids is 2. The summed E-state index contributed by atoms with van der Waals surface area (Å²) in [5, 5.41) is 0.660. The fraction of sp³-hybridized carbons (Fsp3) is 0.333. The van der Waals surface area contributed by atoms with Gasteiger partial charge in [0.1, 0.15) is 0 Å². The molecule has 24 heavy (non-hydrogen) atoms. The summed E-state index contributed by atoms with van der Waals surface area (Å²) >= 11 is 5.87. The van der Waals surface area contributed by atoms with Crippen molar-refractivity contribution in [1.29, 1.82) is 0 Å². The summed E-state index contributed by atoms with van der Waals surface area (Å²) in [5.74, 6) is 0.299. The quantitative estimate of drug-likeness (QED) is 0.858. The van der Waals surface area contributed by atoms with Crippen molar-refractivity contribution < 1.29 is 14.0 Å².